The van der Waals surface area contributed by atoms with Crippen LogP contribution in [-0.4, -0.2) is 39.1 Å². The number of carbonyl (C=O) groups excluding carboxylic acids is 2. The minimum Gasteiger partial charge on any atom is -0.465 e. The van der Waals surface area contributed by atoms with E-state index < -0.39 is 20.1 Å². The summed E-state index contributed by atoms with van der Waals surface area (Å²) in [5.41, 5.74) is 5.64. The lowest BCUT2D eigenvalue weighted by molar-refractivity contribution is -0.143. The molecule has 0 aromatic rings. The monoisotopic (exact) mass is 274 g/mol. The molecule has 0 aliphatic rings. The van der Waals surface area contributed by atoms with E-state index in [0.717, 1.165) is 6.04 Å². The lowest BCUT2D eigenvalue weighted by atomic mass is 10.1. The normalized spacial score (nSPS) is 13.3. The average molecular weight is 274 g/mol. The Labute approximate surface area is 110 Å². The largest absolute Gasteiger partial charge is 0.465 e. The Bertz CT molecular complexity index is 288. The summed E-state index contributed by atoms with van der Waals surface area (Å²) in [7, 11) is -1.19. The molecule has 6 heteroatoms. The van der Waals surface area contributed by atoms with Crippen LogP contribution < -0.4 is 11.1 Å². The Morgan fingerprint density at radius 3 is 2.28 bits per heavy atom. The van der Waals surface area contributed by atoms with Gasteiger partial charge in [-0.25, -0.2) is 0 Å². The first-order chi connectivity index (χ1) is 8.13. The van der Waals surface area contributed by atoms with Crippen molar-refractivity contribution < 1.29 is 14.3 Å². The summed E-state index contributed by atoms with van der Waals surface area (Å²) in [6, 6.07) is 0.345. The molecule has 18 heavy (non-hydrogen) atoms. The summed E-state index contributed by atoms with van der Waals surface area (Å²) >= 11 is 0. The number of rotatable bonds is 7. The second-order valence-corrected chi connectivity index (χ2v) is 11.6. The van der Waals surface area contributed by atoms with E-state index in [1.165, 1.54) is 0 Å². The van der Waals surface area contributed by atoms with Crippen LogP contribution in [-0.2, 0) is 14.3 Å². The van der Waals surface area contributed by atoms with E-state index in [0.29, 0.717) is 6.61 Å². The smallest absolute Gasteiger partial charge is 0.325 e. The highest BCUT2D eigenvalue weighted by Gasteiger charge is 2.18. The number of nitrogens with one attached hydrogen (secondary N) is 1. The summed E-state index contributed by atoms with van der Waals surface area (Å²) < 4.78 is 5.05. The second kappa shape index (κ2) is 7.53. The zero-order valence-electron chi connectivity index (χ0n) is 12.1. The molecule has 0 saturated carbocycles. The van der Waals surface area contributed by atoms with Crippen LogP contribution in [0.15, 0.2) is 0 Å². The average Bonchev–Trinajstić information content (AvgIpc) is 2.22. The van der Waals surface area contributed by atoms with Gasteiger partial charge in [0.2, 0.25) is 5.91 Å². The second-order valence-electron chi connectivity index (χ2n) is 6.02. The molecule has 0 spiro atoms. The molecule has 1 atom stereocenters. The van der Waals surface area contributed by atoms with Crippen molar-refractivity contribution >= 4 is 20.0 Å². The fraction of sp³-hybridized carbons (Fsp3) is 0.833. The molecule has 0 bridgehead atoms. The van der Waals surface area contributed by atoms with Crippen molar-refractivity contribution in [3.8, 4) is 0 Å². The summed E-state index contributed by atoms with van der Waals surface area (Å²) in [5, 5.41) is 2.48. The van der Waals surface area contributed by atoms with E-state index in [9.17, 15) is 9.59 Å². The van der Waals surface area contributed by atoms with E-state index in [1.54, 1.807) is 0 Å². The van der Waals surface area contributed by atoms with Crippen LogP contribution in [0.2, 0.25) is 25.7 Å². The fourth-order valence-electron chi connectivity index (χ4n) is 1.10. The van der Waals surface area contributed by atoms with E-state index in [1.807, 2.05) is 13.8 Å². The molecule has 106 valence electrons. The van der Waals surface area contributed by atoms with Gasteiger partial charge >= 0.3 is 5.97 Å². The fourth-order valence-corrected chi connectivity index (χ4v) is 1.82. The van der Waals surface area contributed by atoms with Crippen LogP contribution in [0.25, 0.3) is 0 Å². The van der Waals surface area contributed by atoms with Gasteiger partial charge in [-0.1, -0.05) is 33.5 Å². The highest BCUT2D eigenvalue weighted by Crippen LogP contribution is 2.07. The Balaban J connectivity index is 3.81. The molecule has 0 aliphatic carbocycles. The number of carbonyl (C=O) groups is 2. The number of hydrogen-bond donors (Lipinski definition) is 2. The van der Waals surface area contributed by atoms with Crippen LogP contribution in [0.1, 0.15) is 13.8 Å². The molecule has 0 saturated heterocycles. The van der Waals surface area contributed by atoms with E-state index >= 15 is 0 Å². The lowest BCUT2D eigenvalue weighted by Gasteiger charge is -2.16. The van der Waals surface area contributed by atoms with Crippen LogP contribution in [0.4, 0.5) is 0 Å². The molecule has 0 aromatic carbocycles. The van der Waals surface area contributed by atoms with Crippen molar-refractivity contribution in [3.05, 3.63) is 0 Å². The Hall–Kier alpha value is -0.883. The van der Waals surface area contributed by atoms with Gasteiger partial charge in [-0.05, 0) is 12.0 Å². The van der Waals surface area contributed by atoms with Crippen molar-refractivity contribution in [2.24, 2.45) is 11.7 Å². The maximum absolute atomic E-state index is 11.5. The number of amides is 1. The molecule has 0 unspecified atom stereocenters. The first-order valence-corrected chi connectivity index (χ1v) is 10.0. The topological polar surface area (TPSA) is 81.4 Å². The van der Waals surface area contributed by atoms with E-state index in [2.05, 4.69) is 25.0 Å². The number of ether oxygens (including phenoxy) is 1. The predicted molar refractivity (Wildman–Crippen MR) is 74.9 cm³/mol. The van der Waals surface area contributed by atoms with Crippen molar-refractivity contribution in [2.45, 2.75) is 45.6 Å². The van der Waals surface area contributed by atoms with Crippen molar-refractivity contribution in [1.82, 2.24) is 5.32 Å². The third-order valence-corrected chi connectivity index (χ3v) is 4.25. The molecule has 0 radical (unpaired) electrons. The maximum Gasteiger partial charge on any atom is 0.325 e. The van der Waals surface area contributed by atoms with Crippen LogP contribution in [0.3, 0.4) is 0 Å². The van der Waals surface area contributed by atoms with Crippen LogP contribution in [0.5, 0.6) is 0 Å². The number of nitrogens with two attached hydrogens (primary N) is 1. The first-order valence-electron chi connectivity index (χ1n) is 6.32. The minimum absolute atomic E-state index is 0.0490. The molecule has 0 heterocycles. The van der Waals surface area contributed by atoms with Gasteiger partial charge in [0.1, 0.15) is 6.54 Å². The molecule has 3 N–H and O–H groups in total. The van der Waals surface area contributed by atoms with Gasteiger partial charge in [-0.3, -0.25) is 9.59 Å². The number of esters is 1. The Morgan fingerprint density at radius 1 is 1.28 bits per heavy atom. The third kappa shape index (κ3) is 8.24. The molecule has 0 rings (SSSR count). The maximum atomic E-state index is 11.5. The van der Waals surface area contributed by atoms with E-state index in [4.69, 9.17) is 10.5 Å². The highest BCUT2D eigenvalue weighted by atomic mass is 28.3. The van der Waals surface area contributed by atoms with Crippen LogP contribution >= 0.6 is 0 Å². The quantitative estimate of drug-likeness (QED) is 0.535. The van der Waals surface area contributed by atoms with Gasteiger partial charge in [0.05, 0.1) is 12.6 Å². The predicted octanol–water partition coefficient (Wildman–Crippen LogP) is 0.967. The van der Waals surface area contributed by atoms with E-state index in [-0.39, 0.29) is 18.4 Å². The standard InChI is InChI=1S/C12H26N2O3Si/c1-9(2)11(13)12(16)14-8-10(15)17-6-7-18(3,4)5/h9,11H,6-8,13H2,1-5H3,(H,14,16)/t11-/m0/s1. The molecule has 0 fully saturated rings. The highest BCUT2D eigenvalue weighted by molar-refractivity contribution is 6.76. The van der Waals surface area contributed by atoms with Gasteiger partial charge in [-0.2, -0.15) is 0 Å². The Morgan fingerprint density at radius 2 is 1.83 bits per heavy atom. The first kappa shape index (κ1) is 17.1. The zero-order valence-corrected chi connectivity index (χ0v) is 13.1. The van der Waals surface area contributed by atoms with Crippen molar-refractivity contribution in [3.63, 3.8) is 0 Å². The van der Waals surface area contributed by atoms with Gasteiger partial charge < -0.3 is 15.8 Å². The minimum atomic E-state index is -1.19. The number of hydrogen-bond acceptors (Lipinski definition) is 4. The molecular formula is C12H26N2O3Si. The zero-order chi connectivity index (χ0) is 14.3. The van der Waals surface area contributed by atoms with Gasteiger partial charge in [-0.15, -0.1) is 0 Å². The van der Waals surface area contributed by atoms with Gasteiger partial charge in [0.25, 0.3) is 0 Å². The van der Waals surface area contributed by atoms with Crippen molar-refractivity contribution in [2.75, 3.05) is 13.2 Å². The molecule has 5 nitrogen and oxygen atoms in total. The summed E-state index contributed by atoms with van der Waals surface area (Å²) in [6.07, 6.45) is 0. The molecule has 0 aromatic heterocycles. The summed E-state index contributed by atoms with van der Waals surface area (Å²) in [5.74, 6) is -0.669. The molecular weight excluding hydrogens is 248 g/mol. The van der Waals surface area contributed by atoms with Crippen molar-refractivity contribution in [1.29, 1.82) is 0 Å². The summed E-state index contributed by atoms with van der Waals surface area (Å²) in [6.45, 7) is 10.7. The third-order valence-electron chi connectivity index (χ3n) is 2.54. The van der Waals surface area contributed by atoms with Crippen LogP contribution in [0, 0.1) is 5.92 Å². The molecule has 1 amide bonds. The Kier molecular flexibility index (Phi) is 7.16. The van der Waals surface area contributed by atoms with Gasteiger partial charge in [0.15, 0.2) is 0 Å². The molecule has 0 aliphatic heterocycles. The summed E-state index contributed by atoms with van der Waals surface area (Å²) in [4.78, 5) is 22.8. The SMILES string of the molecule is CC(C)[C@H](N)C(=O)NCC(=O)OCC[Si](C)(C)C. The lowest BCUT2D eigenvalue weighted by Crippen LogP contribution is -2.45. The van der Waals surface area contributed by atoms with Gasteiger partial charge in [0, 0.05) is 8.07 Å².